The van der Waals surface area contributed by atoms with Crippen LogP contribution in [0.3, 0.4) is 0 Å². The molecule has 1 aromatic carbocycles. The Morgan fingerprint density at radius 2 is 1.91 bits per heavy atom. The van der Waals surface area contributed by atoms with Crippen molar-refractivity contribution >= 4 is 5.97 Å². The molecule has 2 rings (SSSR count). The average Bonchev–Trinajstić information content (AvgIpc) is 2.47. The Morgan fingerprint density at radius 1 is 1.22 bits per heavy atom. The van der Waals surface area contributed by atoms with Gasteiger partial charge in [0.15, 0.2) is 0 Å². The van der Waals surface area contributed by atoms with Gasteiger partial charge in [0, 0.05) is 12.2 Å². The first-order chi connectivity index (χ1) is 10.7. The van der Waals surface area contributed by atoms with E-state index in [-0.39, 0.29) is 11.3 Å². The third-order valence-corrected chi connectivity index (χ3v) is 3.30. The lowest BCUT2D eigenvalue weighted by Gasteiger charge is -2.11. The van der Waals surface area contributed by atoms with E-state index in [4.69, 9.17) is 4.74 Å². The molecule has 0 bridgehead atoms. The summed E-state index contributed by atoms with van der Waals surface area (Å²) in [5.41, 5.74) is -1.02. The molecule has 1 aromatic heterocycles. The number of aromatic nitrogens is 1. The molecule has 0 aliphatic rings. The van der Waals surface area contributed by atoms with E-state index < -0.39 is 23.3 Å². The summed E-state index contributed by atoms with van der Waals surface area (Å²) in [5, 5.41) is 0. The number of hydrogen-bond donors (Lipinski definition) is 0. The van der Waals surface area contributed by atoms with Crippen LogP contribution >= 0.6 is 0 Å². The van der Waals surface area contributed by atoms with Crippen molar-refractivity contribution in [3.8, 4) is 5.75 Å². The molecule has 7 heteroatoms. The maximum absolute atomic E-state index is 12.6. The van der Waals surface area contributed by atoms with E-state index in [9.17, 15) is 22.8 Å². The number of hydrogen-bond acceptors (Lipinski definition) is 3. The van der Waals surface area contributed by atoms with Crippen molar-refractivity contribution in [2.24, 2.45) is 0 Å². The van der Waals surface area contributed by atoms with Crippen molar-refractivity contribution in [1.82, 2.24) is 4.57 Å². The molecule has 0 spiro atoms. The molecule has 0 atom stereocenters. The van der Waals surface area contributed by atoms with Crippen LogP contribution in [0.25, 0.3) is 0 Å². The lowest BCUT2D eigenvalue weighted by molar-refractivity contribution is -0.137. The second kappa shape index (κ2) is 6.28. The number of esters is 1. The van der Waals surface area contributed by atoms with Gasteiger partial charge in [-0.05, 0) is 44.2 Å². The second-order valence-electron chi connectivity index (χ2n) is 4.85. The van der Waals surface area contributed by atoms with E-state index >= 15 is 0 Å². The maximum Gasteiger partial charge on any atom is 0.416 e. The summed E-state index contributed by atoms with van der Waals surface area (Å²) in [6.45, 7) is 3.83. The van der Waals surface area contributed by atoms with Crippen LogP contribution in [0.5, 0.6) is 5.75 Å². The highest BCUT2D eigenvalue weighted by Gasteiger charge is 2.30. The third kappa shape index (κ3) is 3.61. The minimum atomic E-state index is -4.54. The van der Waals surface area contributed by atoms with Crippen LogP contribution in [0.15, 0.2) is 41.2 Å². The summed E-state index contributed by atoms with van der Waals surface area (Å²) < 4.78 is 44.2. The molecule has 0 aliphatic carbocycles. The SMILES string of the molecule is CCn1c(C)ccc(C(=O)Oc2cccc(C(F)(F)F)c2)c1=O. The molecule has 0 N–H and O–H groups in total. The van der Waals surface area contributed by atoms with Gasteiger partial charge < -0.3 is 9.30 Å². The van der Waals surface area contributed by atoms with Crippen LogP contribution in [0, 0.1) is 6.92 Å². The highest BCUT2D eigenvalue weighted by molar-refractivity contribution is 5.90. The molecule has 0 fully saturated rings. The van der Waals surface area contributed by atoms with Crippen molar-refractivity contribution in [3.05, 3.63) is 63.6 Å². The molecule has 0 saturated carbocycles. The number of rotatable bonds is 3. The van der Waals surface area contributed by atoms with Gasteiger partial charge >= 0.3 is 12.1 Å². The van der Waals surface area contributed by atoms with Crippen molar-refractivity contribution in [2.45, 2.75) is 26.6 Å². The molecule has 0 unspecified atom stereocenters. The quantitative estimate of drug-likeness (QED) is 0.642. The number of benzene rings is 1. The van der Waals surface area contributed by atoms with E-state index in [0.29, 0.717) is 18.3 Å². The van der Waals surface area contributed by atoms with Gasteiger partial charge in [-0.25, -0.2) is 4.79 Å². The number of nitrogens with zero attached hydrogens (tertiary/aromatic N) is 1. The highest BCUT2D eigenvalue weighted by Crippen LogP contribution is 2.31. The van der Waals surface area contributed by atoms with Crippen LogP contribution in [-0.2, 0) is 12.7 Å². The summed E-state index contributed by atoms with van der Waals surface area (Å²) in [6, 6.07) is 6.82. The Morgan fingerprint density at radius 3 is 2.52 bits per heavy atom. The third-order valence-electron chi connectivity index (χ3n) is 3.30. The molecule has 4 nitrogen and oxygen atoms in total. The first-order valence-corrected chi connectivity index (χ1v) is 6.84. The minimum Gasteiger partial charge on any atom is -0.423 e. The molecule has 23 heavy (non-hydrogen) atoms. The van der Waals surface area contributed by atoms with E-state index in [1.54, 1.807) is 19.9 Å². The van der Waals surface area contributed by atoms with Crippen molar-refractivity contribution in [1.29, 1.82) is 0 Å². The summed E-state index contributed by atoms with van der Waals surface area (Å²) in [6.07, 6.45) is -4.54. The molecule has 122 valence electrons. The van der Waals surface area contributed by atoms with Gasteiger partial charge in [-0.15, -0.1) is 0 Å². The molecule has 2 aromatic rings. The summed E-state index contributed by atoms with van der Waals surface area (Å²) in [5.74, 6) is -1.26. The Bertz CT molecular complexity index is 794. The average molecular weight is 325 g/mol. The number of carbonyl (C=O) groups is 1. The van der Waals surface area contributed by atoms with Gasteiger partial charge in [-0.1, -0.05) is 6.07 Å². The number of aryl methyl sites for hydroxylation is 1. The minimum absolute atomic E-state index is 0.227. The lowest BCUT2D eigenvalue weighted by atomic mass is 10.2. The fourth-order valence-electron chi connectivity index (χ4n) is 2.12. The van der Waals surface area contributed by atoms with Crippen LogP contribution in [0.4, 0.5) is 13.2 Å². The Balaban J connectivity index is 2.32. The summed E-state index contributed by atoms with van der Waals surface area (Å²) in [4.78, 5) is 24.2. The van der Waals surface area contributed by atoms with Gasteiger partial charge in [0.1, 0.15) is 11.3 Å². The predicted octanol–water partition coefficient (Wildman–Crippen LogP) is 3.41. The summed E-state index contributed by atoms with van der Waals surface area (Å²) >= 11 is 0. The predicted molar refractivity (Wildman–Crippen MR) is 77.5 cm³/mol. The zero-order valence-corrected chi connectivity index (χ0v) is 12.5. The molecule has 0 saturated heterocycles. The zero-order chi connectivity index (χ0) is 17.2. The first kappa shape index (κ1) is 16.8. The Kier molecular flexibility index (Phi) is 4.58. The van der Waals surface area contributed by atoms with E-state index in [2.05, 4.69) is 0 Å². The van der Waals surface area contributed by atoms with Crippen LogP contribution in [-0.4, -0.2) is 10.5 Å². The Hall–Kier alpha value is -2.57. The lowest BCUT2D eigenvalue weighted by Crippen LogP contribution is -2.29. The number of carbonyl (C=O) groups excluding carboxylic acids is 1. The topological polar surface area (TPSA) is 48.3 Å². The molecule has 0 radical (unpaired) electrons. The van der Waals surface area contributed by atoms with Gasteiger partial charge in [0.05, 0.1) is 5.56 Å². The number of ether oxygens (including phenoxy) is 1. The van der Waals surface area contributed by atoms with Crippen LogP contribution < -0.4 is 10.3 Å². The zero-order valence-electron chi connectivity index (χ0n) is 12.5. The number of alkyl halides is 3. The highest BCUT2D eigenvalue weighted by atomic mass is 19.4. The van der Waals surface area contributed by atoms with E-state index in [1.807, 2.05) is 0 Å². The van der Waals surface area contributed by atoms with Crippen LogP contribution in [0.2, 0.25) is 0 Å². The number of pyridine rings is 1. The Labute approximate surface area is 130 Å². The molecular weight excluding hydrogens is 311 g/mol. The van der Waals surface area contributed by atoms with Gasteiger partial charge in [0.2, 0.25) is 0 Å². The number of halogens is 3. The molecule has 1 heterocycles. The van der Waals surface area contributed by atoms with Gasteiger partial charge in [-0.2, -0.15) is 13.2 Å². The normalized spacial score (nSPS) is 11.3. The van der Waals surface area contributed by atoms with Crippen molar-refractivity contribution in [2.75, 3.05) is 0 Å². The fourth-order valence-corrected chi connectivity index (χ4v) is 2.12. The molecule has 0 aliphatic heterocycles. The van der Waals surface area contributed by atoms with Gasteiger partial charge in [-0.3, -0.25) is 4.79 Å². The standard InChI is InChI=1S/C16H14F3NO3/c1-3-20-10(2)7-8-13(14(20)21)15(22)23-12-6-4-5-11(9-12)16(17,18)19/h4-9H,3H2,1-2H3. The largest absolute Gasteiger partial charge is 0.423 e. The van der Waals surface area contributed by atoms with Crippen molar-refractivity contribution < 1.29 is 22.7 Å². The molecule has 0 amide bonds. The smallest absolute Gasteiger partial charge is 0.416 e. The van der Waals surface area contributed by atoms with E-state index in [0.717, 1.165) is 12.1 Å². The monoisotopic (exact) mass is 325 g/mol. The maximum atomic E-state index is 12.6. The molecular formula is C16H14F3NO3. The van der Waals surface area contributed by atoms with Gasteiger partial charge in [0.25, 0.3) is 5.56 Å². The van der Waals surface area contributed by atoms with Crippen LogP contribution in [0.1, 0.15) is 28.5 Å². The summed E-state index contributed by atoms with van der Waals surface area (Å²) in [7, 11) is 0. The van der Waals surface area contributed by atoms with E-state index in [1.165, 1.54) is 16.7 Å². The second-order valence-corrected chi connectivity index (χ2v) is 4.85. The van der Waals surface area contributed by atoms with Crippen molar-refractivity contribution in [3.63, 3.8) is 0 Å². The fraction of sp³-hybridized carbons (Fsp3) is 0.250. The first-order valence-electron chi connectivity index (χ1n) is 6.84.